The molecule has 0 aliphatic carbocycles. The maximum absolute atomic E-state index is 13.1. The van der Waals surface area contributed by atoms with Crippen molar-refractivity contribution < 1.29 is 4.39 Å². The minimum Gasteiger partial charge on any atom is -0.307 e. The van der Waals surface area contributed by atoms with Gasteiger partial charge in [0.2, 0.25) is 0 Å². The number of unbranched alkanes of at least 4 members (excludes halogenated alkanes) is 1. The summed E-state index contributed by atoms with van der Waals surface area (Å²) in [7, 11) is 0. The molecule has 0 aliphatic heterocycles. The van der Waals surface area contributed by atoms with Gasteiger partial charge in [0.25, 0.3) is 0 Å². The highest BCUT2D eigenvalue weighted by atomic mass is 32.1. The number of benzene rings is 1. The van der Waals surface area contributed by atoms with Gasteiger partial charge in [0.05, 0.1) is 0 Å². The molecule has 2 aromatic rings. The fourth-order valence-electron chi connectivity index (χ4n) is 2.58. The summed E-state index contributed by atoms with van der Waals surface area (Å²) in [5.41, 5.74) is 1.18. The van der Waals surface area contributed by atoms with E-state index in [1.807, 2.05) is 12.1 Å². The lowest BCUT2D eigenvalue weighted by Gasteiger charge is -2.23. The van der Waals surface area contributed by atoms with E-state index in [2.05, 4.69) is 36.7 Å². The van der Waals surface area contributed by atoms with Crippen LogP contribution in [-0.2, 0) is 6.42 Å². The highest BCUT2D eigenvalue weighted by Crippen LogP contribution is 2.22. The molecule has 2 unspecified atom stereocenters. The monoisotopic (exact) mass is 305 g/mol. The lowest BCUT2D eigenvalue weighted by molar-refractivity contribution is 0.422. The summed E-state index contributed by atoms with van der Waals surface area (Å²) >= 11 is 1.80. The smallest absolute Gasteiger partial charge is 0.123 e. The van der Waals surface area contributed by atoms with Gasteiger partial charge in [-0.2, -0.15) is 0 Å². The normalized spacial score (nSPS) is 14.0. The van der Waals surface area contributed by atoms with Crippen LogP contribution in [0.25, 0.3) is 0 Å². The van der Waals surface area contributed by atoms with Crippen LogP contribution in [-0.4, -0.2) is 6.04 Å². The molecule has 1 N–H and O–H groups in total. The molecular weight excluding hydrogens is 281 g/mol. The maximum Gasteiger partial charge on any atom is 0.123 e. The third kappa shape index (κ3) is 5.25. The first-order valence-corrected chi connectivity index (χ1v) is 8.61. The van der Waals surface area contributed by atoms with Crippen LogP contribution < -0.4 is 5.32 Å². The Morgan fingerprint density at radius 2 is 1.95 bits per heavy atom. The van der Waals surface area contributed by atoms with Gasteiger partial charge in [-0.1, -0.05) is 38.0 Å². The van der Waals surface area contributed by atoms with Gasteiger partial charge in [0.15, 0.2) is 0 Å². The first-order valence-electron chi connectivity index (χ1n) is 7.73. The standard InChI is InChI=1S/C18H24FNS/c1-3-4-7-18(15-8-10-16(19)11-9-15)20-14(2)13-17-6-5-12-21-17/h5-6,8-12,14,18,20H,3-4,7,13H2,1-2H3. The molecular formula is C18H24FNS. The molecule has 0 amide bonds. The van der Waals surface area contributed by atoms with E-state index < -0.39 is 0 Å². The summed E-state index contributed by atoms with van der Waals surface area (Å²) in [4.78, 5) is 1.41. The van der Waals surface area contributed by atoms with Crippen LogP contribution in [0.3, 0.4) is 0 Å². The van der Waals surface area contributed by atoms with Crippen molar-refractivity contribution in [3.8, 4) is 0 Å². The van der Waals surface area contributed by atoms with Crippen molar-refractivity contribution in [3.05, 3.63) is 58.0 Å². The average Bonchev–Trinajstić information content (AvgIpc) is 2.97. The maximum atomic E-state index is 13.1. The van der Waals surface area contributed by atoms with Crippen LogP contribution in [0.5, 0.6) is 0 Å². The number of rotatable bonds is 8. The number of hydrogen-bond acceptors (Lipinski definition) is 2. The van der Waals surface area contributed by atoms with Gasteiger partial charge in [0.1, 0.15) is 5.82 Å². The van der Waals surface area contributed by atoms with Crippen molar-refractivity contribution >= 4 is 11.3 Å². The Kier molecular flexibility index (Phi) is 6.40. The molecule has 0 fully saturated rings. The molecule has 0 saturated carbocycles. The van der Waals surface area contributed by atoms with Crippen molar-refractivity contribution in [2.45, 2.75) is 51.6 Å². The zero-order chi connectivity index (χ0) is 15.1. The van der Waals surface area contributed by atoms with Crippen molar-refractivity contribution in [3.63, 3.8) is 0 Å². The lowest BCUT2D eigenvalue weighted by atomic mass is 9.99. The molecule has 2 rings (SSSR count). The van der Waals surface area contributed by atoms with Gasteiger partial charge < -0.3 is 5.32 Å². The van der Waals surface area contributed by atoms with E-state index in [1.165, 1.54) is 23.3 Å². The van der Waals surface area contributed by atoms with E-state index in [4.69, 9.17) is 0 Å². The summed E-state index contributed by atoms with van der Waals surface area (Å²) in [6, 6.07) is 11.9. The molecule has 0 bridgehead atoms. The van der Waals surface area contributed by atoms with Crippen LogP contribution in [0.1, 0.15) is 49.6 Å². The Labute approximate surface area is 131 Å². The second kappa shape index (κ2) is 8.30. The minimum atomic E-state index is -0.167. The van der Waals surface area contributed by atoms with Crippen LogP contribution in [0.15, 0.2) is 41.8 Å². The molecule has 114 valence electrons. The topological polar surface area (TPSA) is 12.0 Å². The molecule has 3 heteroatoms. The highest BCUT2D eigenvalue weighted by molar-refractivity contribution is 7.09. The van der Waals surface area contributed by atoms with E-state index in [9.17, 15) is 4.39 Å². The molecule has 0 radical (unpaired) electrons. The van der Waals surface area contributed by atoms with E-state index in [1.54, 1.807) is 23.5 Å². The minimum absolute atomic E-state index is 0.167. The van der Waals surface area contributed by atoms with Crippen molar-refractivity contribution in [2.75, 3.05) is 0 Å². The number of halogens is 1. The largest absolute Gasteiger partial charge is 0.307 e. The second-order valence-electron chi connectivity index (χ2n) is 5.60. The summed E-state index contributed by atoms with van der Waals surface area (Å²) < 4.78 is 13.1. The molecule has 1 aromatic carbocycles. The third-order valence-corrected chi connectivity index (χ3v) is 4.59. The Bertz CT molecular complexity index is 507. The van der Waals surface area contributed by atoms with Gasteiger partial charge in [-0.3, -0.25) is 0 Å². The Morgan fingerprint density at radius 1 is 1.19 bits per heavy atom. The van der Waals surface area contributed by atoms with Gasteiger partial charge >= 0.3 is 0 Å². The summed E-state index contributed by atoms with van der Waals surface area (Å²) in [6.45, 7) is 4.43. The van der Waals surface area contributed by atoms with Gasteiger partial charge in [-0.05, 0) is 48.9 Å². The molecule has 1 aromatic heterocycles. The second-order valence-corrected chi connectivity index (χ2v) is 6.63. The van der Waals surface area contributed by atoms with Crippen molar-refractivity contribution in [1.29, 1.82) is 0 Å². The van der Waals surface area contributed by atoms with E-state index in [0.717, 1.165) is 12.8 Å². The summed E-state index contributed by atoms with van der Waals surface area (Å²) in [5, 5.41) is 5.83. The Morgan fingerprint density at radius 3 is 2.57 bits per heavy atom. The van der Waals surface area contributed by atoms with Crippen LogP contribution in [0.2, 0.25) is 0 Å². The first kappa shape index (κ1) is 16.2. The molecule has 21 heavy (non-hydrogen) atoms. The van der Waals surface area contributed by atoms with Crippen LogP contribution in [0.4, 0.5) is 4.39 Å². The average molecular weight is 305 g/mol. The molecule has 2 atom stereocenters. The fourth-order valence-corrected chi connectivity index (χ4v) is 3.42. The van der Waals surface area contributed by atoms with Crippen LogP contribution in [0, 0.1) is 5.82 Å². The van der Waals surface area contributed by atoms with Gasteiger partial charge in [-0.25, -0.2) is 4.39 Å². The predicted molar refractivity (Wildman–Crippen MR) is 89.3 cm³/mol. The first-order chi connectivity index (χ1) is 10.2. The molecule has 1 heterocycles. The van der Waals surface area contributed by atoms with E-state index >= 15 is 0 Å². The Hall–Kier alpha value is -1.19. The summed E-state index contributed by atoms with van der Waals surface area (Å²) in [5.74, 6) is -0.167. The van der Waals surface area contributed by atoms with Crippen molar-refractivity contribution in [2.24, 2.45) is 0 Å². The fraction of sp³-hybridized carbons (Fsp3) is 0.444. The molecule has 0 aliphatic rings. The molecule has 1 nitrogen and oxygen atoms in total. The third-order valence-electron chi connectivity index (χ3n) is 3.69. The van der Waals surface area contributed by atoms with E-state index in [-0.39, 0.29) is 5.82 Å². The predicted octanol–water partition coefficient (Wildman–Crippen LogP) is 5.34. The summed E-state index contributed by atoms with van der Waals surface area (Å²) in [6.07, 6.45) is 4.50. The molecule has 0 spiro atoms. The van der Waals surface area contributed by atoms with Gasteiger partial charge in [-0.15, -0.1) is 11.3 Å². The number of nitrogens with one attached hydrogen (secondary N) is 1. The lowest BCUT2D eigenvalue weighted by Crippen LogP contribution is -2.32. The molecule has 0 saturated heterocycles. The van der Waals surface area contributed by atoms with Gasteiger partial charge in [0, 0.05) is 17.0 Å². The Balaban J connectivity index is 1.99. The number of thiophene rings is 1. The van der Waals surface area contributed by atoms with E-state index in [0.29, 0.717) is 12.1 Å². The van der Waals surface area contributed by atoms with Crippen molar-refractivity contribution in [1.82, 2.24) is 5.32 Å². The number of hydrogen-bond donors (Lipinski definition) is 1. The zero-order valence-electron chi connectivity index (χ0n) is 12.8. The zero-order valence-corrected chi connectivity index (χ0v) is 13.6. The van der Waals surface area contributed by atoms with Crippen LogP contribution >= 0.6 is 11.3 Å². The highest BCUT2D eigenvalue weighted by Gasteiger charge is 2.14. The SMILES string of the molecule is CCCCC(NC(C)Cc1cccs1)c1ccc(F)cc1. The quantitative estimate of drug-likeness (QED) is 0.694.